The van der Waals surface area contributed by atoms with Crippen LogP contribution in [0.15, 0.2) is 12.1 Å². The van der Waals surface area contributed by atoms with Gasteiger partial charge >= 0.3 is 11.9 Å². The summed E-state index contributed by atoms with van der Waals surface area (Å²) in [6.07, 6.45) is 0.586. The quantitative estimate of drug-likeness (QED) is 0.733. The Kier molecular flexibility index (Phi) is 5.27. The van der Waals surface area contributed by atoms with Gasteiger partial charge in [-0.3, -0.25) is 9.59 Å². The van der Waals surface area contributed by atoms with Gasteiger partial charge in [0.25, 0.3) is 0 Å². The molecule has 0 aliphatic rings. The van der Waals surface area contributed by atoms with Gasteiger partial charge in [0.2, 0.25) is 0 Å². The Morgan fingerprint density at radius 3 is 2.25 bits per heavy atom. The number of carbonyl (C=O) groups is 2. The van der Waals surface area contributed by atoms with Crippen molar-refractivity contribution < 1.29 is 19.8 Å². The lowest BCUT2D eigenvalue weighted by Crippen LogP contribution is -2.32. The molecule has 0 radical (unpaired) electrons. The fraction of sp³-hybridized carbons (Fsp3) is 0.467. The molecule has 0 aromatic heterocycles. The molecular formula is C15H21NO4. The maximum atomic E-state index is 11.0. The summed E-state index contributed by atoms with van der Waals surface area (Å²) in [4.78, 5) is 21.9. The van der Waals surface area contributed by atoms with Crippen LogP contribution in [0.3, 0.4) is 0 Å². The van der Waals surface area contributed by atoms with Crippen LogP contribution < -0.4 is 5.73 Å². The van der Waals surface area contributed by atoms with E-state index in [1.165, 1.54) is 0 Å². The molecule has 0 saturated carbocycles. The second-order valence-corrected chi connectivity index (χ2v) is 5.31. The molecule has 0 aliphatic carbocycles. The zero-order valence-electron chi connectivity index (χ0n) is 12.0. The van der Waals surface area contributed by atoms with Crippen molar-refractivity contribution in [1.29, 1.82) is 0 Å². The molecule has 20 heavy (non-hydrogen) atoms. The SMILES string of the molecule is Cc1cc(C)c(CC(C)C(=O)O)c(C[C@H](N)C(=O)O)c1. The molecule has 110 valence electrons. The number of hydrogen-bond donors (Lipinski definition) is 3. The normalized spacial score (nSPS) is 13.8. The molecule has 0 aliphatic heterocycles. The molecule has 5 heteroatoms. The van der Waals surface area contributed by atoms with E-state index in [4.69, 9.17) is 15.9 Å². The largest absolute Gasteiger partial charge is 0.481 e. The molecule has 1 rings (SSSR count). The van der Waals surface area contributed by atoms with Crippen molar-refractivity contribution in [2.45, 2.75) is 39.7 Å². The molecular weight excluding hydrogens is 258 g/mol. The Morgan fingerprint density at radius 2 is 1.75 bits per heavy atom. The predicted octanol–water partition coefficient (Wildman–Crippen LogP) is 1.52. The smallest absolute Gasteiger partial charge is 0.320 e. The lowest BCUT2D eigenvalue weighted by molar-refractivity contribution is -0.141. The van der Waals surface area contributed by atoms with Crippen molar-refractivity contribution in [3.63, 3.8) is 0 Å². The van der Waals surface area contributed by atoms with Gasteiger partial charge in [-0.15, -0.1) is 0 Å². The summed E-state index contributed by atoms with van der Waals surface area (Å²) in [7, 11) is 0. The Morgan fingerprint density at radius 1 is 1.15 bits per heavy atom. The summed E-state index contributed by atoms with van der Waals surface area (Å²) in [6, 6.07) is 2.88. The Hall–Kier alpha value is -1.88. The number of carboxylic acids is 2. The van der Waals surface area contributed by atoms with E-state index in [0.29, 0.717) is 6.42 Å². The van der Waals surface area contributed by atoms with Crippen molar-refractivity contribution in [2.24, 2.45) is 11.7 Å². The summed E-state index contributed by atoms with van der Waals surface area (Å²) in [6.45, 7) is 5.47. The monoisotopic (exact) mass is 279 g/mol. The third-order valence-corrected chi connectivity index (χ3v) is 3.40. The van der Waals surface area contributed by atoms with E-state index in [9.17, 15) is 9.59 Å². The van der Waals surface area contributed by atoms with E-state index in [0.717, 1.165) is 22.3 Å². The Bertz CT molecular complexity index is 525. The first kappa shape index (κ1) is 16.2. The third-order valence-electron chi connectivity index (χ3n) is 3.40. The van der Waals surface area contributed by atoms with Crippen LogP contribution in [0.1, 0.15) is 29.2 Å². The van der Waals surface area contributed by atoms with Crippen molar-refractivity contribution in [3.8, 4) is 0 Å². The van der Waals surface area contributed by atoms with E-state index in [2.05, 4.69) is 0 Å². The minimum absolute atomic E-state index is 0.208. The fourth-order valence-corrected chi connectivity index (χ4v) is 2.28. The minimum atomic E-state index is -1.05. The molecule has 0 bridgehead atoms. The van der Waals surface area contributed by atoms with Gasteiger partial charge in [-0.1, -0.05) is 24.6 Å². The van der Waals surface area contributed by atoms with Crippen LogP contribution >= 0.6 is 0 Å². The zero-order chi connectivity index (χ0) is 15.4. The summed E-state index contributed by atoms with van der Waals surface area (Å²) in [5, 5.41) is 18.0. The van der Waals surface area contributed by atoms with Crippen LogP contribution in [0.4, 0.5) is 0 Å². The number of hydrogen-bond acceptors (Lipinski definition) is 3. The van der Waals surface area contributed by atoms with Gasteiger partial charge in [0.05, 0.1) is 5.92 Å². The lowest BCUT2D eigenvalue weighted by Gasteiger charge is -2.17. The molecule has 2 atom stereocenters. The van der Waals surface area contributed by atoms with E-state index >= 15 is 0 Å². The number of aryl methyl sites for hydroxylation is 2. The van der Waals surface area contributed by atoms with Crippen molar-refractivity contribution in [3.05, 3.63) is 34.4 Å². The second kappa shape index (κ2) is 6.52. The maximum absolute atomic E-state index is 11.0. The van der Waals surface area contributed by atoms with Gasteiger partial charge in [-0.05, 0) is 43.4 Å². The van der Waals surface area contributed by atoms with E-state index < -0.39 is 23.9 Å². The number of benzene rings is 1. The summed E-state index contributed by atoms with van der Waals surface area (Å²) < 4.78 is 0. The second-order valence-electron chi connectivity index (χ2n) is 5.31. The highest BCUT2D eigenvalue weighted by atomic mass is 16.4. The topological polar surface area (TPSA) is 101 Å². The van der Waals surface area contributed by atoms with Gasteiger partial charge < -0.3 is 15.9 Å². The van der Waals surface area contributed by atoms with Crippen LogP contribution in [0.5, 0.6) is 0 Å². The molecule has 0 heterocycles. The van der Waals surface area contributed by atoms with Crippen molar-refractivity contribution >= 4 is 11.9 Å². The predicted molar refractivity (Wildman–Crippen MR) is 75.7 cm³/mol. The van der Waals surface area contributed by atoms with Gasteiger partial charge in [-0.25, -0.2) is 0 Å². The fourth-order valence-electron chi connectivity index (χ4n) is 2.28. The Balaban J connectivity index is 3.13. The molecule has 5 nitrogen and oxygen atoms in total. The van der Waals surface area contributed by atoms with Crippen LogP contribution in [0.25, 0.3) is 0 Å². The number of rotatable bonds is 6. The summed E-state index contributed by atoms with van der Waals surface area (Å²) in [5.74, 6) is -2.43. The van der Waals surface area contributed by atoms with Crippen LogP contribution in [0, 0.1) is 19.8 Å². The van der Waals surface area contributed by atoms with E-state index in [-0.39, 0.29) is 6.42 Å². The molecule has 1 aromatic carbocycles. The van der Waals surface area contributed by atoms with Gasteiger partial charge in [0, 0.05) is 0 Å². The first-order valence-corrected chi connectivity index (χ1v) is 6.52. The van der Waals surface area contributed by atoms with Crippen LogP contribution in [0.2, 0.25) is 0 Å². The standard InChI is InChI=1S/C15H21NO4/c1-8-4-9(2)12(6-10(3)14(17)18)11(5-8)7-13(16)15(19)20/h4-5,10,13H,6-7,16H2,1-3H3,(H,17,18)(H,19,20)/t10?,13-/m0/s1. The summed E-state index contributed by atoms with van der Waals surface area (Å²) in [5.41, 5.74) is 9.30. The highest BCUT2D eigenvalue weighted by molar-refractivity contribution is 5.74. The van der Waals surface area contributed by atoms with Crippen LogP contribution in [-0.4, -0.2) is 28.2 Å². The molecule has 0 amide bonds. The number of aliphatic carboxylic acids is 2. The zero-order valence-corrected chi connectivity index (χ0v) is 12.0. The average Bonchev–Trinajstić information content (AvgIpc) is 2.32. The van der Waals surface area contributed by atoms with E-state index in [1.54, 1.807) is 6.92 Å². The maximum Gasteiger partial charge on any atom is 0.320 e. The molecule has 0 fully saturated rings. The highest BCUT2D eigenvalue weighted by Gasteiger charge is 2.19. The van der Waals surface area contributed by atoms with Gasteiger partial charge in [-0.2, -0.15) is 0 Å². The molecule has 4 N–H and O–H groups in total. The molecule has 1 aromatic rings. The first-order chi connectivity index (χ1) is 9.22. The molecule has 0 saturated heterocycles. The van der Waals surface area contributed by atoms with Crippen molar-refractivity contribution in [2.75, 3.05) is 0 Å². The van der Waals surface area contributed by atoms with E-state index in [1.807, 2.05) is 26.0 Å². The van der Waals surface area contributed by atoms with Gasteiger partial charge in [0.15, 0.2) is 0 Å². The minimum Gasteiger partial charge on any atom is -0.481 e. The molecule has 0 spiro atoms. The summed E-state index contributed by atoms with van der Waals surface area (Å²) >= 11 is 0. The van der Waals surface area contributed by atoms with Gasteiger partial charge in [0.1, 0.15) is 6.04 Å². The number of carboxylic acid groups (broad SMARTS) is 2. The van der Waals surface area contributed by atoms with Crippen LogP contribution in [-0.2, 0) is 22.4 Å². The lowest BCUT2D eigenvalue weighted by atomic mass is 9.89. The highest BCUT2D eigenvalue weighted by Crippen LogP contribution is 2.22. The Labute approximate surface area is 118 Å². The number of nitrogens with two attached hydrogens (primary N) is 1. The molecule has 1 unspecified atom stereocenters. The third kappa shape index (κ3) is 4.06. The average molecular weight is 279 g/mol. The van der Waals surface area contributed by atoms with Crippen molar-refractivity contribution in [1.82, 2.24) is 0 Å². The first-order valence-electron chi connectivity index (χ1n) is 6.52.